The van der Waals surface area contributed by atoms with Crippen molar-refractivity contribution >= 4 is 38.5 Å². The van der Waals surface area contributed by atoms with Gasteiger partial charge in [0.25, 0.3) is 0 Å². The minimum Gasteiger partial charge on any atom is -0.289 e. The summed E-state index contributed by atoms with van der Waals surface area (Å²) in [5, 5.41) is 2.31. The number of aromatic nitrogens is 4. The molecule has 0 radical (unpaired) electrons. The van der Waals surface area contributed by atoms with E-state index in [4.69, 9.17) is 9.97 Å². The highest BCUT2D eigenvalue weighted by atomic mass is 15.0. The van der Waals surface area contributed by atoms with Crippen molar-refractivity contribution in [2.75, 3.05) is 0 Å². The van der Waals surface area contributed by atoms with Crippen LogP contribution in [0.15, 0.2) is 85.3 Å². The van der Waals surface area contributed by atoms with Gasteiger partial charge in [-0.3, -0.25) is 14.4 Å². The molecule has 0 atom stereocenters. The van der Waals surface area contributed by atoms with Gasteiger partial charge in [0.1, 0.15) is 5.65 Å². The molecule has 2 aliphatic carbocycles. The molecule has 0 bridgehead atoms. The van der Waals surface area contributed by atoms with E-state index in [9.17, 15) is 0 Å². The van der Waals surface area contributed by atoms with Crippen LogP contribution in [0.3, 0.4) is 0 Å². The summed E-state index contributed by atoms with van der Waals surface area (Å²) in [5.41, 5.74) is 16.2. The molecule has 4 heteroatoms. The molecule has 0 spiro atoms. The largest absolute Gasteiger partial charge is 0.289 e. The van der Waals surface area contributed by atoms with Crippen molar-refractivity contribution in [1.82, 2.24) is 19.4 Å². The summed E-state index contributed by atoms with van der Waals surface area (Å²) in [6, 6.07) is 24.4. The molecule has 4 heterocycles. The summed E-state index contributed by atoms with van der Waals surface area (Å²) in [6.45, 7) is 0. The molecule has 35 heavy (non-hydrogen) atoms. The third kappa shape index (κ3) is 2.15. The standard InChI is InChI=1S/C31H18N4/c1-2-5-20-17(4-1)13-23-21(20)8-7-18-12-19-14-24-25(15-22(19)29(18)23)31-34-26-9-11-32-16-28(26)35(31)27-6-3-10-33-30(24)27/h1-11,14-16H,12-13H2. The Labute approximate surface area is 200 Å². The highest BCUT2D eigenvalue weighted by Gasteiger charge is 2.29. The van der Waals surface area contributed by atoms with Crippen LogP contribution >= 0.6 is 0 Å². The molecule has 3 aromatic carbocycles. The molecule has 2 aliphatic rings. The van der Waals surface area contributed by atoms with E-state index in [0.29, 0.717) is 0 Å². The van der Waals surface area contributed by atoms with Crippen LogP contribution in [0.5, 0.6) is 0 Å². The van der Waals surface area contributed by atoms with Gasteiger partial charge in [0.15, 0.2) is 0 Å². The fourth-order valence-electron chi connectivity index (χ4n) is 6.49. The predicted molar refractivity (Wildman–Crippen MR) is 140 cm³/mol. The maximum Gasteiger partial charge on any atom is 0.146 e. The zero-order valence-electron chi connectivity index (χ0n) is 18.8. The molecule has 0 fully saturated rings. The molecule has 4 aromatic heterocycles. The van der Waals surface area contributed by atoms with Crippen LogP contribution in [0.2, 0.25) is 0 Å². The fraction of sp³-hybridized carbons (Fsp3) is 0.0645. The van der Waals surface area contributed by atoms with Crippen molar-refractivity contribution in [2.45, 2.75) is 12.8 Å². The molecular weight excluding hydrogens is 428 g/mol. The average Bonchev–Trinajstić information content (AvgIpc) is 3.58. The Morgan fingerprint density at radius 2 is 1.66 bits per heavy atom. The summed E-state index contributed by atoms with van der Waals surface area (Å²) in [5.74, 6) is 0. The first-order chi connectivity index (χ1) is 17.3. The van der Waals surface area contributed by atoms with Crippen LogP contribution in [0.1, 0.15) is 22.3 Å². The Morgan fingerprint density at radius 3 is 2.66 bits per heavy atom. The number of rotatable bonds is 0. The summed E-state index contributed by atoms with van der Waals surface area (Å²) in [4.78, 5) is 14.3. The van der Waals surface area contributed by atoms with Crippen LogP contribution in [0, 0.1) is 0 Å². The normalized spacial score (nSPS) is 13.5. The quantitative estimate of drug-likeness (QED) is 0.243. The van der Waals surface area contributed by atoms with Gasteiger partial charge >= 0.3 is 0 Å². The van der Waals surface area contributed by atoms with Gasteiger partial charge in [0.2, 0.25) is 0 Å². The van der Waals surface area contributed by atoms with Crippen LogP contribution in [-0.4, -0.2) is 19.4 Å². The number of imidazole rings is 1. The van der Waals surface area contributed by atoms with E-state index in [0.717, 1.165) is 45.9 Å². The van der Waals surface area contributed by atoms with Gasteiger partial charge < -0.3 is 0 Å². The van der Waals surface area contributed by atoms with E-state index in [1.165, 1.54) is 49.9 Å². The molecule has 0 saturated heterocycles. The van der Waals surface area contributed by atoms with Crippen LogP contribution in [0.4, 0.5) is 0 Å². The van der Waals surface area contributed by atoms with Crippen molar-refractivity contribution in [2.24, 2.45) is 0 Å². The Bertz CT molecular complexity index is 2070. The van der Waals surface area contributed by atoms with Crippen molar-refractivity contribution in [3.8, 4) is 22.3 Å². The van der Waals surface area contributed by atoms with Gasteiger partial charge in [-0.2, -0.15) is 0 Å². The lowest BCUT2D eigenvalue weighted by Gasteiger charge is -2.12. The van der Waals surface area contributed by atoms with E-state index in [1.807, 2.05) is 30.7 Å². The van der Waals surface area contributed by atoms with E-state index in [2.05, 4.69) is 64.0 Å². The van der Waals surface area contributed by atoms with Crippen molar-refractivity contribution in [3.63, 3.8) is 0 Å². The second-order valence-electron chi connectivity index (χ2n) is 9.70. The minimum absolute atomic E-state index is 0.954. The van der Waals surface area contributed by atoms with E-state index < -0.39 is 0 Å². The van der Waals surface area contributed by atoms with Gasteiger partial charge in [-0.05, 0) is 87.7 Å². The number of pyridine rings is 3. The van der Waals surface area contributed by atoms with Crippen LogP contribution < -0.4 is 0 Å². The van der Waals surface area contributed by atoms with Gasteiger partial charge in [0, 0.05) is 23.2 Å². The molecule has 0 saturated carbocycles. The number of nitrogens with zero attached hydrogens (tertiary/aromatic N) is 4. The van der Waals surface area contributed by atoms with Gasteiger partial charge in [-0.15, -0.1) is 0 Å². The Balaban J connectivity index is 1.42. The molecule has 0 amide bonds. The number of hydrogen-bond donors (Lipinski definition) is 0. The first-order valence-corrected chi connectivity index (χ1v) is 12.0. The third-order valence-electron chi connectivity index (χ3n) is 7.95. The summed E-state index contributed by atoms with van der Waals surface area (Å²) >= 11 is 0. The molecule has 162 valence electrons. The smallest absolute Gasteiger partial charge is 0.146 e. The third-order valence-corrected chi connectivity index (χ3v) is 7.95. The van der Waals surface area contributed by atoms with Crippen molar-refractivity contribution < 1.29 is 0 Å². The Kier molecular flexibility index (Phi) is 3.11. The summed E-state index contributed by atoms with van der Waals surface area (Å²) in [6.07, 6.45) is 7.56. The topological polar surface area (TPSA) is 43.1 Å². The molecule has 0 unspecified atom stereocenters. The van der Waals surface area contributed by atoms with Crippen LogP contribution in [-0.2, 0) is 12.8 Å². The molecule has 0 N–H and O–H groups in total. The zero-order chi connectivity index (χ0) is 22.7. The highest BCUT2D eigenvalue weighted by molar-refractivity contribution is 6.14. The first-order valence-electron chi connectivity index (χ1n) is 12.0. The zero-order valence-corrected chi connectivity index (χ0v) is 18.8. The van der Waals surface area contributed by atoms with E-state index in [-0.39, 0.29) is 0 Å². The fourth-order valence-corrected chi connectivity index (χ4v) is 6.49. The lowest BCUT2D eigenvalue weighted by Crippen LogP contribution is -1.95. The highest BCUT2D eigenvalue weighted by Crippen LogP contribution is 2.49. The van der Waals surface area contributed by atoms with Gasteiger partial charge in [0.05, 0.1) is 28.3 Å². The summed E-state index contributed by atoms with van der Waals surface area (Å²) in [7, 11) is 0. The monoisotopic (exact) mass is 446 g/mol. The molecule has 4 nitrogen and oxygen atoms in total. The van der Waals surface area contributed by atoms with Crippen molar-refractivity contribution in [1.29, 1.82) is 0 Å². The second-order valence-corrected chi connectivity index (χ2v) is 9.70. The van der Waals surface area contributed by atoms with E-state index >= 15 is 0 Å². The van der Waals surface area contributed by atoms with E-state index in [1.54, 1.807) is 0 Å². The van der Waals surface area contributed by atoms with Crippen molar-refractivity contribution in [3.05, 3.63) is 108 Å². The maximum atomic E-state index is 5.08. The summed E-state index contributed by atoms with van der Waals surface area (Å²) < 4.78 is 2.22. The molecule has 0 aliphatic heterocycles. The average molecular weight is 447 g/mol. The molecular formula is C31H18N4. The molecule has 7 aromatic rings. The van der Waals surface area contributed by atoms with Gasteiger partial charge in [-0.1, -0.05) is 36.4 Å². The lowest BCUT2D eigenvalue weighted by atomic mass is 9.94. The minimum atomic E-state index is 0.954. The van der Waals surface area contributed by atoms with Crippen LogP contribution in [0.25, 0.3) is 60.7 Å². The Hall–Kier alpha value is -4.57. The maximum absolute atomic E-state index is 5.08. The molecule has 9 rings (SSSR count). The second kappa shape index (κ2) is 6.10. The number of fused-ring (bicyclic) bond motifs is 15. The number of benzene rings is 3. The Morgan fingerprint density at radius 1 is 0.686 bits per heavy atom. The SMILES string of the molecule is c1ccc2c(c1)Cc1c-2ccc2c1-c1cc3c(cc1C2)c1ncccc1n1c2cnccc2nc31. The lowest BCUT2D eigenvalue weighted by molar-refractivity contribution is 1.23. The number of hydrogen-bond acceptors (Lipinski definition) is 3. The predicted octanol–water partition coefficient (Wildman–Crippen LogP) is 6.73. The van der Waals surface area contributed by atoms with Gasteiger partial charge in [-0.25, -0.2) is 4.98 Å². The first kappa shape index (κ1) is 17.8.